The Bertz CT molecular complexity index is 854. The van der Waals surface area contributed by atoms with Crippen LogP contribution in [0.1, 0.15) is 5.82 Å². The second kappa shape index (κ2) is 7.19. The van der Waals surface area contributed by atoms with Gasteiger partial charge in [0.1, 0.15) is 5.82 Å². The summed E-state index contributed by atoms with van der Waals surface area (Å²) in [5, 5.41) is 5.60. The summed E-state index contributed by atoms with van der Waals surface area (Å²) in [6, 6.07) is 12.8. The van der Waals surface area contributed by atoms with Crippen molar-refractivity contribution in [3.8, 4) is 11.3 Å². The second-order valence-corrected chi connectivity index (χ2v) is 7.03. The van der Waals surface area contributed by atoms with E-state index in [9.17, 15) is 4.79 Å². The number of hydrogen-bond donors (Lipinski definition) is 3. The number of amides is 2. The number of carbonyl (C=O) groups is 1. The molecule has 0 aliphatic rings. The van der Waals surface area contributed by atoms with Gasteiger partial charge in [-0.1, -0.05) is 44.0 Å². The molecule has 0 saturated heterocycles. The lowest BCUT2D eigenvalue weighted by molar-refractivity contribution is 0.262. The minimum atomic E-state index is -0.301. The van der Waals surface area contributed by atoms with E-state index in [-0.39, 0.29) is 6.03 Å². The molecule has 1 aromatic heterocycles. The van der Waals surface area contributed by atoms with Crippen LogP contribution in [0.3, 0.4) is 0 Å². The molecule has 0 aliphatic heterocycles. The van der Waals surface area contributed by atoms with Crippen molar-refractivity contribution < 1.29 is 4.79 Å². The molecule has 5 nitrogen and oxygen atoms in total. The summed E-state index contributed by atoms with van der Waals surface area (Å²) in [7, 11) is 0. The number of carbonyl (C=O) groups excluding carboxylic acids is 1. The molecule has 122 valence electrons. The molecule has 2 amide bonds. The van der Waals surface area contributed by atoms with Gasteiger partial charge in [0.2, 0.25) is 0 Å². The van der Waals surface area contributed by atoms with E-state index in [1.54, 1.807) is 6.20 Å². The van der Waals surface area contributed by atoms with Crippen LogP contribution in [-0.2, 0) is 0 Å². The number of aromatic nitrogens is 2. The van der Waals surface area contributed by atoms with Crippen LogP contribution in [0.2, 0.25) is 0 Å². The molecule has 0 aliphatic carbocycles. The van der Waals surface area contributed by atoms with Crippen molar-refractivity contribution in [3.63, 3.8) is 0 Å². The largest absolute Gasteiger partial charge is 0.342 e. The first-order valence-electron chi connectivity index (χ1n) is 7.16. The monoisotopic (exact) mass is 448 g/mol. The zero-order chi connectivity index (χ0) is 17.1. The maximum atomic E-state index is 12.1. The molecule has 0 unspecified atom stereocenters. The van der Waals surface area contributed by atoms with Gasteiger partial charge in [-0.3, -0.25) is 0 Å². The third kappa shape index (κ3) is 4.24. The molecule has 24 heavy (non-hydrogen) atoms. The quantitative estimate of drug-likeness (QED) is 0.490. The van der Waals surface area contributed by atoms with Gasteiger partial charge in [0.25, 0.3) is 0 Å². The Morgan fingerprint density at radius 3 is 2.21 bits per heavy atom. The minimum absolute atomic E-state index is 0.301. The third-order valence-corrected chi connectivity index (χ3v) is 4.19. The van der Waals surface area contributed by atoms with E-state index in [1.165, 1.54) is 0 Å². The molecule has 7 heteroatoms. The van der Waals surface area contributed by atoms with Gasteiger partial charge in [-0.25, -0.2) is 9.78 Å². The lowest BCUT2D eigenvalue weighted by atomic mass is 10.1. The molecule has 0 spiro atoms. The van der Waals surface area contributed by atoms with Crippen LogP contribution in [0, 0.1) is 6.92 Å². The van der Waals surface area contributed by atoms with E-state index in [4.69, 9.17) is 0 Å². The Hall–Kier alpha value is -2.12. The molecule has 0 atom stereocenters. The molecule has 1 heterocycles. The van der Waals surface area contributed by atoms with Crippen LogP contribution < -0.4 is 10.6 Å². The number of benzene rings is 2. The number of anilines is 2. The van der Waals surface area contributed by atoms with Gasteiger partial charge in [-0.05, 0) is 42.8 Å². The molecule has 0 radical (unpaired) electrons. The van der Waals surface area contributed by atoms with E-state index in [0.29, 0.717) is 11.4 Å². The molecule has 3 rings (SSSR count). The van der Waals surface area contributed by atoms with Gasteiger partial charge >= 0.3 is 6.03 Å². The number of aryl methyl sites for hydroxylation is 1. The SMILES string of the molecule is Cc1ncc(-c2ccc(NC(=O)Nc3cc(Br)cc(Br)c3)cc2)[nH]1. The summed E-state index contributed by atoms with van der Waals surface area (Å²) in [4.78, 5) is 19.5. The number of aromatic amines is 1. The number of H-pyrrole nitrogens is 1. The minimum Gasteiger partial charge on any atom is -0.342 e. The van der Waals surface area contributed by atoms with Crippen molar-refractivity contribution >= 4 is 49.3 Å². The predicted molar refractivity (Wildman–Crippen MR) is 103 cm³/mol. The van der Waals surface area contributed by atoms with Crippen molar-refractivity contribution in [2.45, 2.75) is 6.92 Å². The number of nitrogens with one attached hydrogen (secondary N) is 3. The Kier molecular flexibility index (Phi) is 5.01. The summed E-state index contributed by atoms with van der Waals surface area (Å²) in [6.07, 6.45) is 1.79. The second-order valence-electron chi connectivity index (χ2n) is 5.20. The number of halogens is 2. The standard InChI is InChI=1S/C17H14Br2N4O/c1-10-20-9-16(21-10)11-2-4-14(5-3-11)22-17(24)23-15-7-12(18)6-13(19)8-15/h2-9H,1H3,(H,20,21)(H2,22,23,24). The van der Waals surface area contributed by atoms with Gasteiger partial charge in [-0.2, -0.15) is 0 Å². The summed E-state index contributed by atoms with van der Waals surface area (Å²) < 4.78 is 1.76. The first kappa shape index (κ1) is 16.7. The number of imidazole rings is 1. The summed E-state index contributed by atoms with van der Waals surface area (Å²) in [6.45, 7) is 1.91. The highest BCUT2D eigenvalue weighted by atomic mass is 79.9. The average Bonchev–Trinajstić information content (AvgIpc) is 2.93. The zero-order valence-electron chi connectivity index (χ0n) is 12.7. The van der Waals surface area contributed by atoms with Gasteiger partial charge < -0.3 is 15.6 Å². The smallest absolute Gasteiger partial charge is 0.323 e. The Morgan fingerprint density at radius 2 is 1.62 bits per heavy atom. The van der Waals surface area contributed by atoms with Crippen LogP contribution in [0.25, 0.3) is 11.3 Å². The summed E-state index contributed by atoms with van der Waals surface area (Å²) >= 11 is 6.78. The first-order chi connectivity index (χ1) is 11.5. The van der Waals surface area contributed by atoms with Crippen LogP contribution in [-0.4, -0.2) is 16.0 Å². The fraction of sp³-hybridized carbons (Fsp3) is 0.0588. The molecule has 0 bridgehead atoms. The Balaban J connectivity index is 1.66. The van der Waals surface area contributed by atoms with Gasteiger partial charge in [0, 0.05) is 20.3 Å². The number of rotatable bonds is 3. The van der Waals surface area contributed by atoms with Crippen LogP contribution >= 0.6 is 31.9 Å². The van der Waals surface area contributed by atoms with E-state index < -0.39 is 0 Å². The molecule has 0 saturated carbocycles. The van der Waals surface area contributed by atoms with Gasteiger partial charge in [0.05, 0.1) is 11.9 Å². The van der Waals surface area contributed by atoms with Crippen molar-refractivity contribution in [2.24, 2.45) is 0 Å². The first-order valence-corrected chi connectivity index (χ1v) is 8.74. The van der Waals surface area contributed by atoms with Crippen molar-refractivity contribution in [2.75, 3.05) is 10.6 Å². The average molecular weight is 450 g/mol. The molecular formula is C17H14Br2N4O. The highest BCUT2D eigenvalue weighted by Gasteiger charge is 2.06. The summed E-state index contributed by atoms with van der Waals surface area (Å²) in [5.74, 6) is 0.867. The normalized spacial score (nSPS) is 10.5. The fourth-order valence-corrected chi connectivity index (χ4v) is 3.51. The lowest BCUT2D eigenvalue weighted by Crippen LogP contribution is -2.19. The Morgan fingerprint density at radius 1 is 1.00 bits per heavy atom. The lowest BCUT2D eigenvalue weighted by Gasteiger charge is -2.09. The highest BCUT2D eigenvalue weighted by molar-refractivity contribution is 9.11. The van der Waals surface area contributed by atoms with Crippen molar-refractivity contribution in [3.05, 3.63) is 63.4 Å². The zero-order valence-corrected chi connectivity index (χ0v) is 15.9. The number of nitrogens with zero attached hydrogens (tertiary/aromatic N) is 1. The maximum Gasteiger partial charge on any atom is 0.323 e. The van der Waals surface area contributed by atoms with Crippen LogP contribution in [0.4, 0.5) is 16.2 Å². The molecule has 2 aromatic carbocycles. The van der Waals surface area contributed by atoms with Gasteiger partial charge in [-0.15, -0.1) is 0 Å². The fourth-order valence-electron chi connectivity index (χ4n) is 2.22. The van der Waals surface area contributed by atoms with E-state index >= 15 is 0 Å². The van der Waals surface area contributed by atoms with E-state index in [0.717, 1.165) is 26.0 Å². The highest BCUT2D eigenvalue weighted by Crippen LogP contribution is 2.24. The molecular weight excluding hydrogens is 436 g/mol. The summed E-state index contributed by atoms with van der Waals surface area (Å²) in [5.41, 5.74) is 3.36. The number of urea groups is 1. The number of hydrogen-bond acceptors (Lipinski definition) is 2. The third-order valence-electron chi connectivity index (χ3n) is 3.28. The van der Waals surface area contributed by atoms with Crippen LogP contribution in [0.5, 0.6) is 0 Å². The molecule has 3 aromatic rings. The van der Waals surface area contributed by atoms with Crippen molar-refractivity contribution in [1.29, 1.82) is 0 Å². The van der Waals surface area contributed by atoms with Crippen LogP contribution in [0.15, 0.2) is 57.6 Å². The van der Waals surface area contributed by atoms with Crippen molar-refractivity contribution in [1.82, 2.24) is 9.97 Å². The topological polar surface area (TPSA) is 69.8 Å². The molecule has 3 N–H and O–H groups in total. The maximum absolute atomic E-state index is 12.1. The Labute approximate surface area is 156 Å². The van der Waals surface area contributed by atoms with E-state index in [1.807, 2.05) is 49.4 Å². The van der Waals surface area contributed by atoms with E-state index in [2.05, 4.69) is 52.5 Å². The van der Waals surface area contributed by atoms with Gasteiger partial charge in [0.15, 0.2) is 0 Å². The predicted octanol–water partition coefficient (Wildman–Crippen LogP) is 5.55. The molecule has 0 fully saturated rings.